The molecule has 3 amide bonds. The minimum absolute atomic E-state index is 0.116. The normalized spacial score (nSPS) is 15.2. The highest BCUT2D eigenvalue weighted by molar-refractivity contribution is 5.94. The fourth-order valence-electron chi connectivity index (χ4n) is 4.05. The Bertz CT molecular complexity index is 1080. The van der Waals surface area contributed by atoms with Gasteiger partial charge < -0.3 is 30.6 Å². The third-order valence-electron chi connectivity index (χ3n) is 5.96. The number of aryl methyl sites for hydroxylation is 1. The molecule has 0 radical (unpaired) electrons. The molecule has 36 heavy (non-hydrogen) atoms. The second-order valence-electron chi connectivity index (χ2n) is 10.4. The number of carbonyl (C=O) groups excluding carboxylic acids is 3. The molecule has 1 aliphatic heterocycles. The van der Waals surface area contributed by atoms with E-state index in [1.54, 1.807) is 40.0 Å². The predicted octanol–water partition coefficient (Wildman–Crippen LogP) is 3.45. The number of pyridine rings is 1. The topological polar surface area (TPSA) is 128 Å². The summed E-state index contributed by atoms with van der Waals surface area (Å²) in [6.45, 7) is 12.5. The fourth-order valence-corrected chi connectivity index (χ4v) is 4.05. The highest BCUT2D eigenvalue weighted by atomic mass is 16.6. The Kier molecular flexibility index (Phi) is 8.60. The summed E-state index contributed by atoms with van der Waals surface area (Å²) >= 11 is 0. The summed E-state index contributed by atoms with van der Waals surface area (Å²) in [4.78, 5) is 45.5. The van der Waals surface area contributed by atoms with Crippen LogP contribution in [0.4, 0.5) is 10.6 Å². The molecule has 0 spiro atoms. The second-order valence-corrected chi connectivity index (χ2v) is 10.4. The first-order chi connectivity index (χ1) is 16.9. The monoisotopic (exact) mass is 498 g/mol. The van der Waals surface area contributed by atoms with Gasteiger partial charge in [0.05, 0.1) is 0 Å². The Morgan fingerprint density at radius 1 is 1.22 bits per heavy atom. The van der Waals surface area contributed by atoms with E-state index < -0.39 is 11.7 Å². The first-order valence-electron chi connectivity index (χ1n) is 12.4. The lowest BCUT2D eigenvalue weighted by molar-refractivity contribution is -0.129. The molecule has 0 aliphatic carbocycles. The van der Waals surface area contributed by atoms with Gasteiger partial charge in [-0.25, -0.2) is 9.78 Å². The van der Waals surface area contributed by atoms with Crippen LogP contribution in [0, 0.1) is 6.92 Å². The zero-order valence-corrected chi connectivity index (χ0v) is 22.0. The van der Waals surface area contributed by atoms with Crippen LogP contribution in [-0.2, 0) is 9.53 Å². The SMILES string of the molecule is CC(=O)N1CCC(Nc2cc(-c3c[nH]c(C(=O)N[C@@H](C)CNC(=O)OC(C)(C)C)c3)c(C)cn2)CC1. The highest BCUT2D eigenvalue weighted by Gasteiger charge is 2.21. The summed E-state index contributed by atoms with van der Waals surface area (Å²) in [6, 6.07) is 3.77. The quantitative estimate of drug-likeness (QED) is 0.463. The molecule has 2 aromatic rings. The first-order valence-corrected chi connectivity index (χ1v) is 12.4. The molecule has 4 N–H and O–H groups in total. The average Bonchev–Trinajstić information content (AvgIpc) is 3.28. The molecule has 0 aromatic carbocycles. The minimum Gasteiger partial charge on any atom is -0.444 e. The molecule has 10 nitrogen and oxygen atoms in total. The van der Waals surface area contributed by atoms with Gasteiger partial charge in [0.1, 0.15) is 17.1 Å². The summed E-state index contributed by atoms with van der Waals surface area (Å²) in [5.41, 5.74) is 2.70. The van der Waals surface area contributed by atoms with Crippen molar-refractivity contribution in [2.24, 2.45) is 0 Å². The molecule has 0 bridgehead atoms. The van der Waals surface area contributed by atoms with Crippen LogP contribution in [0.1, 0.15) is 63.5 Å². The number of anilines is 1. The molecule has 1 atom stereocenters. The molecule has 2 aromatic heterocycles. The maximum absolute atomic E-state index is 12.7. The van der Waals surface area contributed by atoms with Crippen LogP contribution in [0.2, 0.25) is 0 Å². The van der Waals surface area contributed by atoms with E-state index in [1.807, 2.05) is 31.0 Å². The van der Waals surface area contributed by atoms with Gasteiger partial charge >= 0.3 is 6.09 Å². The third-order valence-corrected chi connectivity index (χ3v) is 5.96. The number of aromatic amines is 1. The van der Waals surface area contributed by atoms with Crippen molar-refractivity contribution < 1.29 is 19.1 Å². The summed E-state index contributed by atoms with van der Waals surface area (Å²) in [7, 11) is 0. The van der Waals surface area contributed by atoms with Crippen LogP contribution in [0.15, 0.2) is 24.5 Å². The van der Waals surface area contributed by atoms with Crippen molar-refractivity contribution in [3.8, 4) is 11.1 Å². The molecule has 3 rings (SSSR count). The Hall–Kier alpha value is -3.56. The smallest absolute Gasteiger partial charge is 0.407 e. The number of H-pyrrole nitrogens is 1. The van der Waals surface area contributed by atoms with Crippen molar-refractivity contribution in [3.63, 3.8) is 0 Å². The largest absolute Gasteiger partial charge is 0.444 e. The van der Waals surface area contributed by atoms with Gasteiger partial charge in [0.15, 0.2) is 0 Å². The standard InChI is InChI=1S/C26H38N6O4/c1-16-13-28-23(31-20-7-9-32(10-8-20)18(3)33)12-21(16)19-11-22(27-15-19)24(34)30-17(2)14-29-25(35)36-26(4,5)6/h11-13,15,17,20,27H,7-10,14H2,1-6H3,(H,28,31)(H,29,35)(H,30,34)/t17-/m0/s1. The van der Waals surface area contributed by atoms with E-state index in [0.717, 1.165) is 48.4 Å². The van der Waals surface area contributed by atoms with Crippen molar-refractivity contribution in [2.75, 3.05) is 25.0 Å². The van der Waals surface area contributed by atoms with Crippen LogP contribution in [0.5, 0.6) is 0 Å². The Morgan fingerprint density at radius 2 is 1.92 bits per heavy atom. The van der Waals surface area contributed by atoms with Gasteiger partial charge in [0.25, 0.3) is 5.91 Å². The summed E-state index contributed by atoms with van der Waals surface area (Å²) in [6.07, 6.45) is 4.85. The fraction of sp³-hybridized carbons (Fsp3) is 0.538. The average molecular weight is 499 g/mol. The van der Waals surface area contributed by atoms with Gasteiger partial charge in [0, 0.05) is 56.6 Å². The third kappa shape index (κ3) is 7.73. The highest BCUT2D eigenvalue weighted by Crippen LogP contribution is 2.27. The maximum Gasteiger partial charge on any atom is 0.407 e. The van der Waals surface area contributed by atoms with E-state index in [2.05, 4.69) is 25.9 Å². The Balaban J connectivity index is 1.58. The Morgan fingerprint density at radius 3 is 2.56 bits per heavy atom. The number of carbonyl (C=O) groups is 3. The lowest BCUT2D eigenvalue weighted by Crippen LogP contribution is -2.43. The van der Waals surface area contributed by atoms with Crippen LogP contribution in [0.3, 0.4) is 0 Å². The van der Waals surface area contributed by atoms with E-state index in [0.29, 0.717) is 5.69 Å². The molecule has 0 unspecified atom stereocenters. The van der Waals surface area contributed by atoms with Crippen LogP contribution in [0.25, 0.3) is 11.1 Å². The van der Waals surface area contributed by atoms with Gasteiger partial charge in [-0.2, -0.15) is 0 Å². The number of amides is 3. The number of piperidine rings is 1. The summed E-state index contributed by atoms with van der Waals surface area (Å²) in [5.74, 6) is 0.623. The van der Waals surface area contributed by atoms with E-state index in [9.17, 15) is 14.4 Å². The molecular weight excluding hydrogens is 460 g/mol. The molecule has 0 saturated carbocycles. The number of aromatic nitrogens is 2. The molecule has 1 saturated heterocycles. The van der Waals surface area contributed by atoms with Gasteiger partial charge in [-0.3, -0.25) is 9.59 Å². The zero-order valence-electron chi connectivity index (χ0n) is 22.0. The number of hydrogen-bond acceptors (Lipinski definition) is 6. The predicted molar refractivity (Wildman–Crippen MR) is 139 cm³/mol. The number of ether oxygens (including phenoxy) is 1. The van der Waals surface area contributed by atoms with Gasteiger partial charge in [-0.05, 0) is 70.7 Å². The number of nitrogens with zero attached hydrogens (tertiary/aromatic N) is 2. The van der Waals surface area contributed by atoms with Gasteiger partial charge in [0.2, 0.25) is 5.91 Å². The first kappa shape index (κ1) is 27.0. The van der Waals surface area contributed by atoms with E-state index in [1.165, 1.54) is 0 Å². The zero-order chi connectivity index (χ0) is 26.5. The summed E-state index contributed by atoms with van der Waals surface area (Å²) in [5, 5.41) is 9.03. The van der Waals surface area contributed by atoms with Crippen molar-refractivity contribution >= 4 is 23.7 Å². The molecule has 10 heteroatoms. The summed E-state index contributed by atoms with van der Waals surface area (Å²) < 4.78 is 5.22. The lowest BCUT2D eigenvalue weighted by Gasteiger charge is -2.32. The van der Waals surface area contributed by atoms with Gasteiger partial charge in [-0.1, -0.05) is 0 Å². The van der Waals surface area contributed by atoms with E-state index >= 15 is 0 Å². The van der Waals surface area contributed by atoms with Crippen molar-refractivity contribution in [3.05, 3.63) is 35.8 Å². The van der Waals surface area contributed by atoms with E-state index in [4.69, 9.17) is 4.74 Å². The molecular formula is C26H38N6O4. The van der Waals surface area contributed by atoms with Crippen LogP contribution in [-0.4, -0.2) is 70.1 Å². The number of nitrogens with one attached hydrogen (secondary N) is 4. The number of alkyl carbamates (subject to hydrolysis) is 1. The molecule has 1 aliphatic rings. The molecule has 1 fully saturated rings. The second kappa shape index (κ2) is 11.5. The van der Waals surface area contributed by atoms with Crippen LogP contribution >= 0.6 is 0 Å². The number of rotatable bonds is 7. The maximum atomic E-state index is 12.7. The van der Waals surface area contributed by atoms with Crippen molar-refractivity contribution in [1.82, 2.24) is 25.5 Å². The minimum atomic E-state index is -0.579. The van der Waals surface area contributed by atoms with Crippen molar-refractivity contribution in [2.45, 2.75) is 72.1 Å². The van der Waals surface area contributed by atoms with Crippen LogP contribution < -0.4 is 16.0 Å². The number of likely N-dealkylation sites (tertiary alicyclic amines) is 1. The van der Waals surface area contributed by atoms with Gasteiger partial charge in [-0.15, -0.1) is 0 Å². The number of hydrogen-bond donors (Lipinski definition) is 4. The Labute approximate surface area is 212 Å². The molecule has 3 heterocycles. The van der Waals surface area contributed by atoms with Crippen molar-refractivity contribution in [1.29, 1.82) is 0 Å². The molecule has 196 valence electrons. The lowest BCUT2D eigenvalue weighted by atomic mass is 10.0. The van der Waals surface area contributed by atoms with E-state index in [-0.39, 0.29) is 30.4 Å².